The number of hydrogen-bond acceptors (Lipinski definition) is 1. The second-order valence-corrected chi connectivity index (χ2v) is 14.8. The van der Waals surface area contributed by atoms with Crippen molar-refractivity contribution in [3.05, 3.63) is 176 Å². The molecule has 0 aliphatic carbocycles. The fourth-order valence-corrected chi connectivity index (χ4v) is 9.95. The van der Waals surface area contributed by atoms with Crippen LogP contribution in [0.2, 0.25) is 0 Å². The van der Waals surface area contributed by atoms with Crippen LogP contribution in [0.5, 0.6) is 0 Å². The van der Waals surface area contributed by atoms with Crippen LogP contribution >= 0.6 is 11.3 Å². The quantitative estimate of drug-likeness (QED) is 0.177. The Hall–Kier alpha value is -6.62. The minimum Gasteiger partial charge on any atom is -0.309 e. The molecule has 0 radical (unpaired) electrons. The van der Waals surface area contributed by atoms with E-state index in [1.807, 2.05) is 11.3 Å². The SMILES string of the molecule is c1ccc(-n2c3ccccc3c3ccc(-n4c5ccccc5c5ccc6c(c7ccccc7n6-c6ccc7sc8ccccc8c7c6)c54)cc32)cc1. The highest BCUT2D eigenvalue weighted by atomic mass is 32.1. The minimum absolute atomic E-state index is 1.15. The zero-order chi connectivity index (χ0) is 33.9. The topological polar surface area (TPSA) is 14.8 Å². The largest absolute Gasteiger partial charge is 0.309 e. The Morgan fingerprint density at radius 1 is 0.288 bits per heavy atom. The second kappa shape index (κ2) is 10.5. The summed E-state index contributed by atoms with van der Waals surface area (Å²) < 4.78 is 10.0. The molecule has 0 aliphatic rings. The molecule has 0 unspecified atom stereocenters. The van der Waals surface area contributed by atoms with Gasteiger partial charge in [-0.1, -0.05) is 103 Å². The van der Waals surface area contributed by atoms with Gasteiger partial charge in [0.1, 0.15) is 0 Å². The molecule has 0 amide bonds. The first-order chi connectivity index (χ1) is 25.8. The smallest absolute Gasteiger partial charge is 0.0641 e. The summed E-state index contributed by atoms with van der Waals surface area (Å²) >= 11 is 1.87. The summed E-state index contributed by atoms with van der Waals surface area (Å²) in [6.07, 6.45) is 0. The molecule has 0 saturated heterocycles. The van der Waals surface area contributed by atoms with Crippen LogP contribution in [-0.2, 0) is 0 Å². The molecule has 12 rings (SSSR count). The van der Waals surface area contributed by atoms with Crippen molar-refractivity contribution in [1.82, 2.24) is 13.7 Å². The Balaban J connectivity index is 1.21. The summed E-state index contributed by atoms with van der Waals surface area (Å²) in [6, 6.07) is 64.7. The number of aromatic nitrogens is 3. The lowest BCUT2D eigenvalue weighted by molar-refractivity contribution is 1.16. The van der Waals surface area contributed by atoms with Crippen molar-refractivity contribution in [3.8, 4) is 17.1 Å². The highest BCUT2D eigenvalue weighted by Gasteiger charge is 2.22. The van der Waals surface area contributed by atoms with Crippen LogP contribution in [0.25, 0.3) is 103 Å². The van der Waals surface area contributed by atoms with Crippen molar-refractivity contribution in [2.24, 2.45) is 0 Å². The lowest BCUT2D eigenvalue weighted by atomic mass is 10.1. The molecule has 52 heavy (non-hydrogen) atoms. The van der Waals surface area contributed by atoms with Crippen LogP contribution in [0.3, 0.4) is 0 Å². The third-order valence-electron chi connectivity index (χ3n) is 11.0. The molecule has 8 aromatic carbocycles. The van der Waals surface area contributed by atoms with E-state index in [9.17, 15) is 0 Å². The Labute approximate surface area is 302 Å². The fourth-order valence-electron chi connectivity index (χ4n) is 8.86. The maximum absolute atomic E-state index is 2.51. The fraction of sp³-hybridized carbons (Fsp3) is 0. The average molecular weight is 680 g/mol. The van der Waals surface area contributed by atoms with Gasteiger partial charge in [-0.2, -0.15) is 0 Å². The minimum atomic E-state index is 1.15. The van der Waals surface area contributed by atoms with Crippen molar-refractivity contribution in [2.75, 3.05) is 0 Å². The molecule has 4 heterocycles. The Bertz CT molecular complexity index is 3410. The van der Waals surface area contributed by atoms with Gasteiger partial charge in [0.15, 0.2) is 0 Å². The number of rotatable bonds is 3. The Morgan fingerprint density at radius 3 is 1.63 bits per heavy atom. The van der Waals surface area contributed by atoms with Gasteiger partial charge in [-0.15, -0.1) is 11.3 Å². The summed E-state index contributed by atoms with van der Waals surface area (Å²) in [6.45, 7) is 0. The monoisotopic (exact) mass is 679 g/mol. The van der Waals surface area contributed by atoms with Gasteiger partial charge >= 0.3 is 0 Å². The van der Waals surface area contributed by atoms with Gasteiger partial charge in [-0.3, -0.25) is 0 Å². The van der Waals surface area contributed by atoms with E-state index in [1.54, 1.807) is 0 Å². The highest BCUT2D eigenvalue weighted by Crippen LogP contribution is 2.44. The lowest BCUT2D eigenvalue weighted by Crippen LogP contribution is -1.97. The van der Waals surface area contributed by atoms with Gasteiger partial charge < -0.3 is 13.7 Å². The van der Waals surface area contributed by atoms with Crippen LogP contribution in [0.15, 0.2) is 176 Å². The van der Waals surface area contributed by atoms with E-state index >= 15 is 0 Å². The maximum atomic E-state index is 2.51. The van der Waals surface area contributed by atoms with E-state index in [0.717, 1.165) is 11.4 Å². The Kier molecular flexibility index (Phi) is 5.65. The Morgan fingerprint density at radius 2 is 0.827 bits per heavy atom. The molecule has 0 spiro atoms. The molecule has 12 aromatic rings. The predicted octanol–water partition coefficient (Wildman–Crippen LogP) is 13.3. The second-order valence-electron chi connectivity index (χ2n) is 13.7. The van der Waals surface area contributed by atoms with Gasteiger partial charge in [-0.25, -0.2) is 0 Å². The molecule has 242 valence electrons. The summed E-state index contributed by atoms with van der Waals surface area (Å²) in [5, 5.41) is 10.2. The van der Waals surface area contributed by atoms with Gasteiger partial charge in [0.25, 0.3) is 0 Å². The molecule has 4 heteroatoms. The first-order valence-electron chi connectivity index (χ1n) is 17.8. The molecule has 0 aliphatic heterocycles. The number of thiophene rings is 1. The summed E-state index contributed by atoms with van der Waals surface area (Å²) in [5.41, 5.74) is 10.7. The molecular formula is C48H29N3S. The van der Waals surface area contributed by atoms with Crippen molar-refractivity contribution in [2.45, 2.75) is 0 Å². The summed E-state index contributed by atoms with van der Waals surface area (Å²) in [5.74, 6) is 0. The van der Waals surface area contributed by atoms with Crippen molar-refractivity contribution < 1.29 is 0 Å². The van der Waals surface area contributed by atoms with E-state index in [-0.39, 0.29) is 0 Å². The predicted molar refractivity (Wildman–Crippen MR) is 222 cm³/mol. The van der Waals surface area contributed by atoms with Crippen LogP contribution in [0, 0.1) is 0 Å². The van der Waals surface area contributed by atoms with Gasteiger partial charge in [0.2, 0.25) is 0 Å². The molecular weight excluding hydrogens is 651 g/mol. The number of fused-ring (bicyclic) bond motifs is 13. The zero-order valence-electron chi connectivity index (χ0n) is 28.0. The molecule has 0 N–H and O–H groups in total. The van der Waals surface area contributed by atoms with Crippen molar-refractivity contribution >= 4 is 96.9 Å². The van der Waals surface area contributed by atoms with E-state index in [1.165, 1.54) is 91.3 Å². The normalized spacial score (nSPS) is 12.2. The van der Waals surface area contributed by atoms with E-state index < -0.39 is 0 Å². The zero-order valence-corrected chi connectivity index (χ0v) is 28.8. The third kappa shape index (κ3) is 3.74. The molecule has 4 aromatic heterocycles. The van der Waals surface area contributed by atoms with Crippen molar-refractivity contribution in [3.63, 3.8) is 0 Å². The average Bonchev–Trinajstić information content (AvgIpc) is 3.94. The lowest BCUT2D eigenvalue weighted by Gasteiger charge is -2.12. The maximum Gasteiger partial charge on any atom is 0.0641 e. The number of hydrogen-bond donors (Lipinski definition) is 0. The molecule has 0 bridgehead atoms. The molecule has 0 saturated carbocycles. The van der Waals surface area contributed by atoms with Gasteiger partial charge in [0.05, 0.1) is 33.1 Å². The van der Waals surface area contributed by atoms with Crippen LogP contribution in [-0.4, -0.2) is 13.7 Å². The number of para-hydroxylation sites is 4. The molecule has 0 atom stereocenters. The van der Waals surface area contributed by atoms with Crippen molar-refractivity contribution in [1.29, 1.82) is 0 Å². The van der Waals surface area contributed by atoms with Crippen LogP contribution in [0.1, 0.15) is 0 Å². The number of benzene rings is 8. The first-order valence-corrected chi connectivity index (χ1v) is 18.6. The van der Waals surface area contributed by atoms with Gasteiger partial charge in [0, 0.05) is 69.6 Å². The van der Waals surface area contributed by atoms with Gasteiger partial charge in [-0.05, 0) is 72.8 Å². The summed E-state index contributed by atoms with van der Waals surface area (Å²) in [4.78, 5) is 0. The van der Waals surface area contributed by atoms with E-state index in [0.29, 0.717) is 0 Å². The van der Waals surface area contributed by atoms with Crippen LogP contribution in [0.4, 0.5) is 0 Å². The highest BCUT2D eigenvalue weighted by molar-refractivity contribution is 7.25. The van der Waals surface area contributed by atoms with E-state index in [4.69, 9.17) is 0 Å². The van der Waals surface area contributed by atoms with E-state index in [2.05, 4.69) is 190 Å². The first kappa shape index (κ1) is 28.1. The molecule has 3 nitrogen and oxygen atoms in total. The third-order valence-corrected chi connectivity index (χ3v) is 12.2. The summed E-state index contributed by atoms with van der Waals surface area (Å²) in [7, 11) is 0. The standard InChI is InChI=1S/C48H29N3S/c1-2-12-30(13-3-1)49-40-18-8-4-14-33(40)35-24-22-32(29-44(35)49)51-41-19-9-5-15-34(41)37-25-26-43-47(48(37)51)38-17-6-10-20-42(38)50(43)31-23-27-46-39(28-31)36-16-7-11-21-45(36)52-46/h1-29H. The molecule has 0 fully saturated rings. The number of nitrogens with zero attached hydrogens (tertiary/aromatic N) is 3. The van der Waals surface area contributed by atoms with Crippen LogP contribution < -0.4 is 0 Å².